The van der Waals surface area contributed by atoms with Gasteiger partial charge in [0.05, 0.1) is 11.4 Å². The molecule has 0 atom stereocenters. The molecule has 290 valence electrons. The number of hydrogen-bond donors (Lipinski definition) is 0. The number of nitrogens with zero attached hydrogens (tertiary/aromatic N) is 1. The molecule has 9 aromatic carbocycles. The molecule has 0 aliphatic heterocycles. The summed E-state index contributed by atoms with van der Waals surface area (Å²) in [7, 11) is 0. The summed E-state index contributed by atoms with van der Waals surface area (Å²) in [5.74, 6) is 0. The van der Waals surface area contributed by atoms with E-state index in [1.54, 1.807) is 0 Å². The smallest absolute Gasteiger partial charge is 0.143 e. The van der Waals surface area contributed by atoms with Crippen LogP contribution >= 0.6 is 0 Å². The van der Waals surface area contributed by atoms with Crippen molar-refractivity contribution in [2.24, 2.45) is 0 Å². The van der Waals surface area contributed by atoms with Crippen LogP contribution < -0.4 is 4.90 Å². The van der Waals surface area contributed by atoms with E-state index in [4.69, 9.17) is 4.42 Å². The lowest BCUT2D eigenvalue weighted by Crippen LogP contribution is -2.20. The number of hydrogen-bond acceptors (Lipinski definition) is 2. The highest BCUT2D eigenvalue weighted by atomic mass is 16.3. The van der Waals surface area contributed by atoms with E-state index in [2.05, 4.69) is 211 Å². The van der Waals surface area contributed by atoms with E-state index < -0.39 is 0 Å². The van der Waals surface area contributed by atoms with Crippen molar-refractivity contribution in [2.45, 2.75) is 31.1 Å². The third kappa shape index (κ3) is 5.63. The van der Waals surface area contributed by atoms with Crippen molar-refractivity contribution >= 4 is 39.0 Å². The molecule has 0 amide bonds. The Labute approximate surface area is 357 Å². The lowest BCUT2D eigenvalue weighted by Gasteiger charge is -2.31. The molecule has 1 saturated carbocycles. The molecule has 2 aliphatic carbocycles. The van der Waals surface area contributed by atoms with Gasteiger partial charge < -0.3 is 9.32 Å². The Hall–Kier alpha value is -7.42. The minimum atomic E-state index is 0.0413. The third-order valence-corrected chi connectivity index (χ3v) is 13.5. The van der Waals surface area contributed by atoms with Crippen LogP contribution in [0.4, 0.5) is 17.1 Å². The van der Waals surface area contributed by atoms with E-state index in [-0.39, 0.29) is 5.41 Å². The minimum absolute atomic E-state index is 0.0413. The van der Waals surface area contributed by atoms with Crippen molar-refractivity contribution in [1.82, 2.24) is 0 Å². The first-order valence-electron chi connectivity index (χ1n) is 21.6. The van der Waals surface area contributed by atoms with Crippen LogP contribution in [0.1, 0.15) is 36.8 Å². The number of anilines is 3. The van der Waals surface area contributed by atoms with E-state index in [0.717, 1.165) is 44.4 Å². The van der Waals surface area contributed by atoms with Gasteiger partial charge in [-0.3, -0.25) is 0 Å². The van der Waals surface area contributed by atoms with Gasteiger partial charge in [0.2, 0.25) is 0 Å². The lowest BCUT2D eigenvalue weighted by atomic mass is 9.77. The molecule has 0 radical (unpaired) electrons. The van der Waals surface area contributed by atoms with Gasteiger partial charge in [0.25, 0.3) is 0 Å². The summed E-state index contributed by atoms with van der Waals surface area (Å²) in [5.41, 5.74) is 20.3. The molecule has 1 heterocycles. The van der Waals surface area contributed by atoms with Gasteiger partial charge in [-0.05, 0) is 93.2 Å². The summed E-state index contributed by atoms with van der Waals surface area (Å²) in [6.45, 7) is 0. The van der Waals surface area contributed by atoms with Gasteiger partial charge in [0.1, 0.15) is 11.2 Å². The molecule has 0 bridgehead atoms. The summed E-state index contributed by atoms with van der Waals surface area (Å²) < 4.78 is 6.62. The maximum atomic E-state index is 6.62. The third-order valence-electron chi connectivity index (χ3n) is 13.5. The van der Waals surface area contributed by atoms with Gasteiger partial charge in [-0.15, -0.1) is 0 Å². The Morgan fingerprint density at radius 2 is 0.918 bits per heavy atom. The quantitative estimate of drug-likeness (QED) is 0.160. The second kappa shape index (κ2) is 14.4. The maximum Gasteiger partial charge on any atom is 0.143 e. The molecule has 0 unspecified atom stereocenters. The Morgan fingerprint density at radius 1 is 0.377 bits per heavy atom. The van der Waals surface area contributed by atoms with Crippen LogP contribution in [0, 0.1) is 0 Å². The Bertz CT molecular complexity index is 3280. The van der Waals surface area contributed by atoms with Crippen molar-refractivity contribution in [2.75, 3.05) is 4.90 Å². The van der Waals surface area contributed by atoms with Crippen LogP contribution in [-0.2, 0) is 5.41 Å². The van der Waals surface area contributed by atoms with Gasteiger partial charge in [0.15, 0.2) is 0 Å². The monoisotopic (exact) mass is 781 g/mol. The van der Waals surface area contributed by atoms with Gasteiger partial charge in [-0.25, -0.2) is 0 Å². The zero-order chi connectivity index (χ0) is 40.3. The molecule has 10 aromatic rings. The van der Waals surface area contributed by atoms with E-state index in [0.29, 0.717) is 0 Å². The normalized spacial score (nSPS) is 13.8. The van der Waals surface area contributed by atoms with Crippen LogP contribution in [0.2, 0.25) is 0 Å². The molecule has 12 rings (SSSR count). The zero-order valence-electron chi connectivity index (χ0n) is 33.9. The van der Waals surface area contributed by atoms with Crippen molar-refractivity contribution < 1.29 is 4.42 Å². The summed E-state index contributed by atoms with van der Waals surface area (Å²) in [4.78, 5) is 2.54. The summed E-state index contributed by atoms with van der Waals surface area (Å²) in [5, 5.41) is 2.27. The number of para-hydroxylation sites is 3. The number of benzene rings is 9. The molecule has 2 nitrogen and oxygen atoms in total. The van der Waals surface area contributed by atoms with Crippen molar-refractivity contribution in [3.8, 4) is 55.6 Å². The molecule has 1 aromatic heterocycles. The van der Waals surface area contributed by atoms with Gasteiger partial charge >= 0.3 is 0 Å². The predicted molar refractivity (Wildman–Crippen MR) is 255 cm³/mol. The van der Waals surface area contributed by atoms with Crippen LogP contribution in [0.3, 0.4) is 0 Å². The second-order valence-corrected chi connectivity index (χ2v) is 16.7. The summed E-state index contributed by atoms with van der Waals surface area (Å²) in [6, 6.07) is 77.8. The molecule has 1 spiro atoms. The lowest BCUT2D eigenvalue weighted by molar-refractivity contribution is 0.550. The molecular formula is C59H43NO. The van der Waals surface area contributed by atoms with E-state index in [1.807, 2.05) is 6.07 Å². The average Bonchev–Trinajstić information content (AvgIpc) is 4.05. The highest BCUT2D eigenvalue weighted by Crippen LogP contribution is 2.60. The van der Waals surface area contributed by atoms with Gasteiger partial charge in [-0.1, -0.05) is 195 Å². The first kappa shape index (κ1) is 35.5. The summed E-state index contributed by atoms with van der Waals surface area (Å²) in [6.07, 6.45) is 4.87. The average molecular weight is 782 g/mol. The summed E-state index contributed by atoms with van der Waals surface area (Å²) >= 11 is 0. The highest BCUT2D eigenvalue weighted by Gasteiger charge is 2.46. The number of fused-ring (bicyclic) bond motifs is 8. The van der Waals surface area contributed by atoms with Crippen LogP contribution in [0.15, 0.2) is 217 Å². The first-order valence-corrected chi connectivity index (χ1v) is 21.6. The van der Waals surface area contributed by atoms with Crippen molar-refractivity contribution in [1.29, 1.82) is 0 Å². The fourth-order valence-electron chi connectivity index (χ4n) is 10.8. The van der Waals surface area contributed by atoms with Crippen LogP contribution in [0.5, 0.6) is 0 Å². The van der Waals surface area contributed by atoms with Crippen molar-refractivity contribution in [3.05, 3.63) is 223 Å². The Kier molecular flexibility index (Phi) is 8.38. The molecule has 0 saturated heterocycles. The second-order valence-electron chi connectivity index (χ2n) is 16.7. The molecule has 1 fully saturated rings. The molecular weight excluding hydrogens is 739 g/mol. The number of furan rings is 1. The Balaban J connectivity index is 1.11. The first-order chi connectivity index (χ1) is 30.3. The van der Waals surface area contributed by atoms with E-state index in [1.165, 1.54) is 87.0 Å². The fraction of sp³-hybridized carbons (Fsp3) is 0.0847. The highest BCUT2D eigenvalue weighted by molar-refractivity contribution is 6.10. The fourth-order valence-corrected chi connectivity index (χ4v) is 10.8. The van der Waals surface area contributed by atoms with E-state index >= 15 is 0 Å². The topological polar surface area (TPSA) is 16.4 Å². The molecule has 2 heteroatoms. The number of rotatable bonds is 7. The molecule has 61 heavy (non-hydrogen) atoms. The van der Waals surface area contributed by atoms with Crippen molar-refractivity contribution in [3.63, 3.8) is 0 Å². The minimum Gasteiger partial charge on any atom is -0.455 e. The van der Waals surface area contributed by atoms with Gasteiger partial charge in [0, 0.05) is 38.6 Å². The zero-order valence-corrected chi connectivity index (χ0v) is 33.9. The van der Waals surface area contributed by atoms with E-state index in [9.17, 15) is 0 Å². The SMILES string of the molecule is c1ccc(-c2ccccc2-c2ccccc2-c2ccccc2N(c2cccc(-c3cccc4c3oc3ccccc34)c2)c2cccc3c2-c2ccccc2C32CCCC2)cc1. The largest absolute Gasteiger partial charge is 0.455 e. The van der Waals surface area contributed by atoms with Crippen LogP contribution in [-0.4, -0.2) is 0 Å². The molecule has 2 aliphatic rings. The van der Waals surface area contributed by atoms with Crippen LogP contribution in [0.25, 0.3) is 77.6 Å². The maximum absolute atomic E-state index is 6.62. The standard InChI is InChI=1S/C59H43NO/c1-2-19-40(20-3-1)43-23-4-5-24-45(43)46-25-6-7-26-47(46)48-27-9-12-34-54(48)60(55-35-18-33-53-57(55)51-29-8-11-32-52(51)59(53)37-14-15-38-59)42-22-16-21-41(39-42)44-30-17-31-50-49-28-10-13-36-56(49)61-58(44)50/h1-13,16-36,39H,14-15,37-38H2. The van der Waals surface area contributed by atoms with Gasteiger partial charge in [-0.2, -0.15) is 0 Å². The molecule has 0 N–H and O–H groups in total. The Morgan fingerprint density at radius 3 is 1.74 bits per heavy atom. The predicted octanol–water partition coefficient (Wildman–Crippen LogP) is 16.6.